The maximum absolute atomic E-state index is 7.09. The molecule has 1 heterocycles. The highest BCUT2D eigenvalue weighted by Gasteiger charge is 2.52. The summed E-state index contributed by atoms with van der Waals surface area (Å²) in [6.07, 6.45) is 0. The molecule has 0 aliphatic rings. The Balaban J connectivity index is 2.00. The van der Waals surface area contributed by atoms with Crippen LogP contribution in [0, 0.1) is 0 Å². The van der Waals surface area contributed by atoms with Crippen molar-refractivity contribution >= 4 is 57.4 Å². The fraction of sp³-hybridized carbons (Fsp3) is 0.182. The Bertz CT molecular complexity index is 1050. The van der Waals surface area contributed by atoms with E-state index >= 15 is 0 Å². The monoisotopic (exact) mass is 468 g/mol. The minimum absolute atomic E-state index is 0.0987. The molecule has 1 aromatic heterocycles. The lowest BCUT2D eigenvalue weighted by Crippen LogP contribution is -2.68. The molecule has 6 heteroatoms. The molecule has 142 valence electrons. The molecule has 0 amide bonds. The number of hydrogen-bond acceptors (Lipinski definition) is 4. The van der Waals surface area contributed by atoms with E-state index in [2.05, 4.69) is 106 Å². The van der Waals surface area contributed by atoms with Gasteiger partial charge in [-0.05, 0) is 43.5 Å². The van der Waals surface area contributed by atoms with E-state index in [-0.39, 0.29) is 5.04 Å². The Morgan fingerprint density at radius 1 is 0.786 bits per heavy atom. The summed E-state index contributed by atoms with van der Waals surface area (Å²) >= 11 is 4.79. The van der Waals surface area contributed by atoms with E-state index in [0.717, 1.165) is 21.3 Å². The van der Waals surface area contributed by atoms with Gasteiger partial charge < -0.3 is 4.43 Å². The Morgan fingerprint density at radius 3 is 1.86 bits per heavy atom. The van der Waals surface area contributed by atoms with Crippen molar-refractivity contribution in [3.05, 3.63) is 77.3 Å². The molecule has 0 fully saturated rings. The first-order valence-electron chi connectivity index (χ1n) is 9.14. The number of nitrogens with zero attached hydrogens (tertiary/aromatic N) is 2. The molecule has 4 rings (SSSR count). The van der Waals surface area contributed by atoms with Gasteiger partial charge in [-0.3, -0.25) is 0 Å². The molecule has 0 saturated heterocycles. The van der Waals surface area contributed by atoms with E-state index in [9.17, 15) is 0 Å². The first kappa shape index (κ1) is 19.3. The molecule has 0 N–H and O–H groups in total. The summed E-state index contributed by atoms with van der Waals surface area (Å²) in [5, 5.41) is 2.39. The van der Waals surface area contributed by atoms with Gasteiger partial charge in [0.15, 0.2) is 0 Å². The minimum Gasteiger partial charge on any atom is -0.532 e. The summed E-state index contributed by atoms with van der Waals surface area (Å²) in [4.78, 5) is 0. The maximum atomic E-state index is 7.09. The van der Waals surface area contributed by atoms with Gasteiger partial charge in [0.05, 0.1) is 11.7 Å². The van der Waals surface area contributed by atoms with E-state index in [0.29, 0.717) is 0 Å². The van der Waals surface area contributed by atoms with E-state index in [1.54, 1.807) is 0 Å². The molecule has 28 heavy (non-hydrogen) atoms. The Kier molecular flexibility index (Phi) is 5.12. The van der Waals surface area contributed by atoms with Crippen molar-refractivity contribution in [3.63, 3.8) is 0 Å². The van der Waals surface area contributed by atoms with Crippen molar-refractivity contribution in [2.75, 3.05) is 0 Å². The van der Waals surface area contributed by atoms with E-state index in [1.165, 1.54) is 22.1 Å². The molecule has 0 spiro atoms. The topological polar surface area (TPSA) is 35.0 Å². The van der Waals surface area contributed by atoms with Crippen LogP contribution in [-0.4, -0.2) is 17.1 Å². The van der Waals surface area contributed by atoms with Crippen LogP contribution in [-0.2, 0) is 0 Å². The number of fused-ring (bicyclic) bond motifs is 1. The van der Waals surface area contributed by atoms with Crippen molar-refractivity contribution in [2.24, 2.45) is 0 Å². The fourth-order valence-corrected chi connectivity index (χ4v) is 9.23. The number of benzene rings is 3. The number of rotatable bonds is 4. The first-order valence-corrected chi connectivity index (χ1v) is 12.6. The van der Waals surface area contributed by atoms with Crippen molar-refractivity contribution in [3.8, 4) is 5.75 Å². The summed E-state index contributed by atoms with van der Waals surface area (Å²) in [7, 11) is -2.68. The average molecular weight is 469 g/mol. The molecular formula is C22H21BrN2OSSi. The Morgan fingerprint density at radius 2 is 1.32 bits per heavy atom. The van der Waals surface area contributed by atoms with Crippen molar-refractivity contribution in [1.82, 2.24) is 8.75 Å². The fourth-order valence-electron chi connectivity index (χ4n) is 3.71. The van der Waals surface area contributed by atoms with Gasteiger partial charge in [-0.25, -0.2) is 0 Å². The van der Waals surface area contributed by atoms with Crippen molar-refractivity contribution in [2.45, 2.75) is 25.8 Å². The van der Waals surface area contributed by atoms with Gasteiger partial charge >= 0.3 is 8.32 Å². The van der Waals surface area contributed by atoms with Crippen LogP contribution in [0.2, 0.25) is 5.04 Å². The van der Waals surface area contributed by atoms with Crippen LogP contribution in [0.3, 0.4) is 0 Å². The summed E-state index contributed by atoms with van der Waals surface area (Å²) in [6, 6.07) is 25.3. The van der Waals surface area contributed by atoms with E-state index in [4.69, 9.17) is 4.43 Å². The lowest BCUT2D eigenvalue weighted by Gasteiger charge is -2.42. The van der Waals surface area contributed by atoms with Crippen molar-refractivity contribution < 1.29 is 4.43 Å². The lowest BCUT2D eigenvalue weighted by molar-refractivity contribution is 0.512. The lowest BCUT2D eigenvalue weighted by atomic mass is 10.2. The predicted molar refractivity (Wildman–Crippen MR) is 123 cm³/mol. The van der Waals surface area contributed by atoms with Crippen LogP contribution in [0.1, 0.15) is 20.8 Å². The van der Waals surface area contributed by atoms with Gasteiger partial charge in [-0.1, -0.05) is 81.4 Å². The van der Waals surface area contributed by atoms with Crippen LogP contribution in [0.4, 0.5) is 0 Å². The summed E-state index contributed by atoms with van der Waals surface area (Å²) < 4.78 is 17.0. The third-order valence-corrected chi connectivity index (χ3v) is 11.1. The summed E-state index contributed by atoms with van der Waals surface area (Å²) in [6.45, 7) is 6.82. The van der Waals surface area contributed by atoms with Crippen molar-refractivity contribution in [1.29, 1.82) is 0 Å². The van der Waals surface area contributed by atoms with Gasteiger partial charge in [0.1, 0.15) is 16.8 Å². The highest BCUT2D eigenvalue weighted by molar-refractivity contribution is 9.10. The summed E-state index contributed by atoms with van der Waals surface area (Å²) in [5.41, 5.74) is 1.66. The van der Waals surface area contributed by atoms with Crippen LogP contribution < -0.4 is 14.8 Å². The van der Waals surface area contributed by atoms with E-state index in [1.807, 2.05) is 12.1 Å². The third kappa shape index (κ3) is 3.19. The van der Waals surface area contributed by atoms with Crippen LogP contribution in [0.25, 0.3) is 11.0 Å². The molecule has 0 aliphatic carbocycles. The smallest absolute Gasteiger partial charge is 0.320 e. The molecule has 0 aliphatic heterocycles. The molecule has 0 bridgehead atoms. The molecule has 0 unspecified atom stereocenters. The minimum atomic E-state index is -2.68. The highest BCUT2D eigenvalue weighted by atomic mass is 79.9. The molecule has 0 saturated carbocycles. The largest absolute Gasteiger partial charge is 0.532 e. The summed E-state index contributed by atoms with van der Waals surface area (Å²) in [5.74, 6) is 0.793. The van der Waals surface area contributed by atoms with Gasteiger partial charge in [-0.2, -0.15) is 8.75 Å². The molecular weight excluding hydrogens is 448 g/mol. The zero-order valence-corrected chi connectivity index (χ0v) is 19.4. The number of aromatic nitrogens is 2. The zero-order valence-electron chi connectivity index (χ0n) is 16.0. The SMILES string of the molecule is CC(C)(C)[Si](Oc1ccc(Br)c2nsnc12)(c1ccccc1)c1ccccc1. The molecule has 3 nitrogen and oxygen atoms in total. The zero-order chi connectivity index (χ0) is 19.8. The molecule has 0 radical (unpaired) electrons. The Labute approximate surface area is 179 Å². The van der Waals surface area contributed by atoms with Crippen LogP contribution in [0.5, 0.6) is 5.75 Å². The standard InChI is InChI=1S/C22H21BrN2OSSi/c1-22(2,3)28(16-10-6-4-7-11-16,17-12-8-5-9-13-17)26-19-15-14-18(23)20-21(19)25-27-24-20/h4-15H,1-3H3. The third-order valence-electron chi connectivity index (χ3n) is 5.01. The first-order chi connectivity index (χ1) is 13.4. The molecule has 3 aromatic carbocycles. The normalized spacial score (nSPS) is 12.3. The molecule has 0 atom stereocenters. The number of hydrogen-bond donors (Lipinski definition) is 0. The van der Waals surface area contributed by atoms with Crippen LogP contribution >= 0.6 is 27.7 Å². The Hall–Kier alpha value is -2.02. The number of halogens is 1. The van der Waals surface area contributed by atoms with Gasteiger partial charge in [0, 0.05) is 4.47 Å². The predicted octanol–water partition coefficient (Wildman–Crippen LogP) is 5.39. The second-order valence-corrected chi connectivity index (χ2v) is 13.4. The van der Waals surface area contributed by atoms with Gasteiger partial charge in [0.25, 0.3) is 0 Å². The van der Waals surface area contributed by atoms with Crippen LogP contribution in [0.15, 0.2) is 77.3 Å². The highest BCUT2D eigenvalue weighted by Crippen LogP contribution is 2.40. The molecule has 4 aromatic rings. The average Bonchev–Trinajstić information content (AvgIpc) is 3.19. The maximum Gasteiger partial charge on any atom is 0.320 e. The quantitative estimate of drug-likeness (QED) is 0.376. The van der Waals surface area contributed by atoms with Gasteiger partial charge in [0.2, 0.25) is 0 Å². The van der Waals surface area contributed by atoms with E-state index < -0.39 is 8.32 Å². The second kappa shape index (κ2) is 7.42. The van der Waals surface area contributed by atoms with Gasteiger partial charge in [-0.15, -0.1) is 0 Å². The second-order valence-electron chi connectivity index (χ2n) is 7.77.